The normalized spacial score (nSPS) is 26.0. The molecule has 2 atom stereocenters. The molecule has 0 aromatic carbocycles. The van der Waals surface area contributed by atoms with Gasteiger partial charge in [-0.15, -0.1) is 11.3 Å². The van der Waals surface area contributed by atoms with Gasteiger partial charge in [0.1, 0.15) is 12.1 Å². The van der Waals surface area contributed by atoms with Gasteiger partial charge in [-0.05, 0) is 11.4 Å². The third-order valence-corrected chi connectivity index (χ3v) is 4.66. The zero-order chi connectivity index (χ0) is 13.0. The number of hydrogen-bond acceptors (Lipinski definition) is 6. The van der Waals surface area contributed by atoms with Crippen LogP contribution in [0.15, 0.2) is 17.8 Å². The highest BCUT2D eigenvalue weighted by Crippen LogP contribution is 2.35. The molecule has 0 radical (unpaired) electrons. The van der Waals surface area contributed by atoms with E-state index in [1.54, 1.807) is 11.3 Å². The first-order chi connectivity index (χ1) is 9.24. The summed E-state index contributed by atoms with van der Waals surface area (Å²) in [5.74, 6) is 0.0351. The molecule has 2 fully saturated rings. The number of fused-ring (bicyclic) bond motifs is 2. The number of carbonyl (C=O) groups excluding carboxylic acids is 2. The predicted octanol–water partition coefficient (Wildman–Crippen LogP) is 0.400. The predicted molar refractivity (Wildman–Crippen MR) is 69.8 cm³/mol. The Morgan fingerprint density at radius 1 is 1.21 bits per heavy atom. The Morgan fingerprint density at radius 3 is 2.68 bits per heavy atom. The number of carbonyl (C=O) groups is 2. The number of thiophene rings is 1. The van der Waals surface area contributed by atoms with Crippen molar-refractivity contribution in [3.05, 3.63) is 17.8 Å². The van der Waals surface area contributed by atoms with E-state index in [2.05, 4.69) is 15.3 Å². The Bertz CT molecular complexity index is 676. The van der Waals surface area contributed by atoms with Crippen LogP contribution in [0.5, 0.6) is 0 Å². The summed E-state index contributed by atoms with van der Waals surface area (Å²) in [5, 5.41) is 4.36. The second-order valence-corrected chi connectivity index (χ2v) is 5.72. The van der Waals surface area contributed by atoms with E-state index in [1.807, 2.05) is 16.3 Å². The average Bonchev–Trinajstić information content (AvgIpc) is 3.08. The molecule has 19 heavy (non-hydrogen) atoms. The summed E-state index contributed by atoms with van der Waals surface area (Å²) < 4.78 is 1.01. The van der Waals surface area contributed by atoms with Crippen molar-refractivity contribution in [2.75, 3.05) is 18.0 Å². The average molecular weight is 274 g/mol. The van der Waals surface area contributed by atoms with Gasteiger partial charge in [0.2, 0.25) is 11.8 Å². The minimum Gasteiger partial charge on any atom is -0.354 e. The van der Waals surface area contributed by atoms with Gasteiger partial charge >= 0.3 is 0 Å². The lowest BCUT2D eigenvalue weighted by molar-refractivity contribution is -0.126. The van der Waals surface area contributed by atoms with Crippen molar-refractivity contribution in [3.63, 3.8) is 0 Å². The molecule has 4 heterocycles. The second kappa shape index (κ2) is 3.74. The Hall–Kier alpha value is -2.02. The number of imide groups is 1. The van der Waals surface area contributed by atoms with E-state index >= 15 is 0 Å². The van der Waals surface area contributed by atoms with Crippen LogP contribution in [0.4, 0.5) is 5.82 Å². The minimum atomic E-state index is -0.238. The fourth-order valence-electron chi connectivity index (χ4n) is 2.82. The van der Waals surface area contributed by atoms with Crippen molar-refractivity contribution in [2.24, 2.45) is 11.8 Å². The van der Waals surface area contributed by atoms with Gasteiger partial charge < -0.3 is 4.90 Å². The van der Waals surface area contributed by atoms with Crippen LogP contribution in [0, 0.1) is 11.8 Å². The van der Waals surface area contributed by atoms with Crippen molar-refractivity contribution >= 4 is 39.2 Å². The Morgan fingerprint density at radius 2 is 1.95 bits per heavy atom. The van der Waals surface area contributed by atoms with Crippen LogP contribution in [0.3, 0.4) is 0 Å². The molecule has 7 heteroatoms. The molecule has 0 aliphatic carbocycles. The monoisotopic (exact) mass is 274 g/mol. The van der Waals surface area contributed by atoms with Gasteiger partial charge in [0.15, 0.2) is 0 Å². The van der Waals surface area contributed by atoms with Crippen molar-refractivity contribution < 1.29 is 9.59 Å². The van der Waals surface area contributed by atoms with Gasteiger partial charge in [-0.2, -0.15) is 0 Å². The fraction of sp³-hybridized carbons (Fsp3) is 0.333. The van der Waals surface area contributed by atoms with Crippen molar-refractivity contribution in [1.29, 1.82) is 0 Å². The molecule has 0 saturated carbocycles. The maximum absolute atomic E-state index is 11.7. The first-order valence-corrected chi connectivity index (χ1v) is 6.90. The molecule has 2 aromatic heterocycles. The van der Waals surface area contributed by atoms with E-state index in [1.165, 1.54) is 6.33 Å². The van der Waals surface area contributed by atoms with Gasteiger partial charge in [0, 0.05) is 13.1 Å². The van der Waals surface area contributed by atoms with E-state index in [4.69, 9.17) is 0 Å². The lowest BCUT2D eigenvalue weighted by Gasteiger charge is -2.18. The number of anilines is 1. The lowest BCUT2D eigenvalue weighted by Crippen LogP contribution is -2.31. The topological polar surface area (TPSA) is 75.2 Å². The standard InChI is InChI=1S/C12H10N4O2S/c17-11-6-3-16(4-7(6)12(18)15-11)10-9-8(1-2-19-9)13-5-14-10/h1-2,5-7H,3-4H2,(H,15,17,18). The van der Waals surface area contributed by atoms with Crippen LogP contribution in [0.2, 0.25) is 0 Å². The highest BCUT2D eigenvalue weighted by molar-refractivity contribution is 7.17. The Labute approximate surface area is 112 Å². The van der Waals surface area contributed by atoms with E-state index < -0.39 is 0 Å². The highest BCUT2D eigenvalue weighted by atomic mass is 32.1. The van der Waals surface area contributed by atoms with Crippen LogP contribution in [0.25, 0.3) is 10.2 Å². The molecule has 2 aromatic rings. The fourth-order valence-corrected chi connectivity index (χ4v) is 3.68. The molecule has 96 valence electrons. The smallest absolute Gasteiger partial charge is 0.232 e. The third-order valence-electron chi connectivity index (χ3n) is 3.76. The maximum atomic E-state index is 11.7. The Kier molecular flexibility index (Phi) is 2.14. The van der Waals surface area contributed by atoms with Crippen LogP contribution in [-0.4, -0.2) is 34.9 Å². The molecule has 2 aliphatic heterocycles. The number of nitrogens with zero attached hydrogens (tertiary/aromatic N) is 3. The number of amides is 2. The molecule has 0 spiro atoms. The van der Waals surface area contributed by atoms with Crippen molar-refractivity contribution in [3.8, 4) is 0 Å². The number of nitrogens with one attached hydrogen (secondary N) is 1. The molecule has 0 bridgehead atoms. The van der Waals surface area contributed by atoms with E-state index in [-0.39, 0.29) is 23.7 Å². The molecule has 2 saturated heterocycles. The van der Waals surface area contributed by atoms with Crippen molar-refractivity contribution in [1.82, 2.24) is 15.3 Å². The molecule has 2 unspecified atom stereocenters. The molecule has 1 N–H and O–H groups in total. The summed E-state index contributed by atoms with van der Waals surface area (Å²) in [7, 11) is 0. The van der Waals surface area contributed by atoms with Gasteiger partial charge in [-0.3, -0.25) is 14.9 Å². The van der Waals surface area contributed by atoms with Crippen LogP contribution in [-0.2, 0) is 9.59 Å². The van der Waals surface area contributed by atoms with Crippen LogP contribution in [0.1, 0.15) is 0 Å². The molecule has 2 aliphatic rings. The largest absolute Gasteiger partial charge is 0.354 e. The number of hydrogen-bond donors (Lipinski definition) is 1. The third kappa shape index (κ3) is 1.48. The van der Waals surface area contributed by atoms with Gasteiger partial charge in [0.25, 0.3) is 0 Å². The molecule has 2 amide bonds. The zero-order valence-electron chi connectivity index (χ0n) is 9.87. The first kappa shape index (κ1) is 10.9. The number of rotatable bonds is 1. The van der Waals surface area contributed by atoms with Crippen LogP contribution < -0.4 is 10.2 Å². The maximum Gasteiger partial charge on any atom is 0.232 e. The number of aromatic nitrogens is 2. The zero-order valence-corrected chi connectivity index (χ0v) is 10.7. The minimum absolute atomic E-state index is 0.158. The van der Waals surface area contributed by atoms with Gasteiger partial charge in [0.05, 0.1) is 22.1 Å². The summed E-state index contributed by atoms with van der Waals surface area (Å²) in [6.07, 6.45) is 1.53. The van der Waals surface area contributed by atoms with Crippen molar-refractivity contribution in [2.45, 2.75) is 0 Å². The molecular weight excluding hydrogens is 264 g/mol. The lowest BCUT2D eigenvalue weighted by atomic mass is 10.00. The second-order valence-electron chi connectivity index (χ2n) is 4.80. The quantitative estimate of drug-likeness (QED) is 0.762. The van der Waals surface area contributed by atoms with Gasteiger partial charge in [-0.25, -0.2) is 9.97 Å². The molecule has 4 rings (SSSR count). The summed E-state index contributed by atoms with van der Waals surface area (Å²) in [4.78, 5) is 33.9. The first-order valence-electron chi connectivity index (χ1n) is 6.02. The summed E-state index contributed by atoms with van der Waals surface area (Å²) in [6, 6.07) is 1.94. The Balaban J connectivity index is 1.74. The van der Waals surface area contributed by atoms with E-state index in [0.29, 0.717) is 13.1 Å². The highest BCUT2D eigenvalue weighted by Gasteiger charge is 2.48. The SMILES string of the molecule is O=C1NC(=O)C2CN(c3ncnc4ccsc34)CC12. The summed E-state index contributed by atoms with van der Waals surface area (Å²) >= 11 is 1.58. The van der Waals surface area contributed by atoms with Crippen LogP contribution >= 0.6 is 11.3 Å². The summed E-state index contributed by atoms with van der Waals surface area (Å²) in [6.45, 7) is 1.10. The van der Waals surface area contributed by atoms with E-state index in [0.717, 1.165) is 16.0 Å². The molecule has 6 nitrogen and oxygen atoms in total. The molecular formula is C12H10N4O2S. The van der Waals surface area contributed by atoms with Gasteiger partial charge in [-0.1, -0.05) is 0 Å². The summed E-state index contributed by atoms with van der Waals surface area (Å²) in [5.41, 5.74) is 0.905. The van der Waals surface area contributed by atoms with E-state index in [9.17, 15) is 9.59 Å².